The predicted octanol–water partition coefficient (Wildman–Crippen LogP) is 2.23. The van der Waals surface area contributed by atoms with Gasteiger partial charge in [0.05, 0.1) is 17.2 Å². The second-order valence-electron chi connectivity index (χ2n) is 4.16. The second-order valence-corrected chi connectivity index (χ2v) is 5.02. The number of hydrogen-bond acceptors (Lipinski definition) is 3. The average molecular weight is 286 g/mol. The van der Waals surface area contributed by atoms with Crippen LogP contribution in [0.15, 0.2) is 22.7 Å². The summed E-state index contributed by atoms with van der Waals surface area (Å²) >= 11 is 3.44. The lowest BCUT2D eigenvalue weighted by atomic mass is 10.1. The van der Waals surface area contributed by atoms with Crippen molar-refractivity contribution < 1.29 is 9.84 Å². The topological polar surface area (TPSA) is 55.5 Å². The van der Waals surface area contributed by atoms with Gasteiger partial charge in [0.1, 0.15) is 5.75 Å². The van der Waals surface area contributed by atoms with Crippen LogP contribution in [-0.2, 0) is 0 Å². The fourth-order valence-electron chi connectivity index (χ4n) is 1.55. The van der Waals surface area contributed by atoms with Crippen molar-refractivity contribution in [2.75, 3.05) is 13.2 Å². The van der Waals surface area contributed by atoms with Crippen LogP contribution in [0.3, 0.4) is 0 Å². The van der Waals surface area contributed by atoms with Crippen molar-refractivity contribution in [1.29, 1.82) is 0 Å². The number of benzene rings is 1. The van der Waals surface area contributed by atoms with Crippen LogP contribution in [0.25, 0.3) is 0 Å². The maximum absolute atomic E-state index is 9.79. The molecule has 1 atom stereocenters. The molecule has 1 aliphatic carbocycles. The zero-order valence-electron chi connectivity index (χ0n) is 9.03. The molecule has 0 aromatic heterocycles. The number of ether oxygens (including phenoxy) is 1. The fourth-order valence-corrected chi connectivity index (χ4v) is 2.05. The van der Waals surface area contributed by atoms with Crippen molar-refractivity contribution in [3.63, 3.8) is 0 Å². The molecule has 2 rings (SSSR count). The van der Waals surface area contributed by atoms with Gasteiger partial charge in [0.25, 0.3) is 0 Å². The first-order valence-electron chi connectivity index (χ1n) is 5.51. The fraction of sp³-hybridized carbons (Fsp3) is 0.500. The van der Waals surface area contributed by atoms with Crippen molar-refractivity contribution in [2.45, 2.75) is 18.9 Å². The van der Waals surface area contributed by atoms with E-state index in [9.17, 15) is 5.11 Å². The third-order valence-corrected chi connectivity index (χ3v) is 3.36. The lowest BCUT2D eigenvalue weighted by molar-refractivity contribution is 0.178. The molecular formula is C12H16BrNO2. The highest BCUT2D eigenvalue weighted by molar-refractivity contribution is 9.10. The highest BCUT2D eigenvalue weighted by atomic mass is 79.9. The lowest BCUT2D eigenvalue weighted by Gasteiger charge is -2.16. The standard InChI is InChI=1S/C12H16BrNO2/c13-10-3-1-2-9(11(15)6-14)12(10)16-7-8-4-5-8/h1-3,8,11,15H,4-7,14H2. The molecule has 0 spiro atoms. The summed E-state index contributed by atoms with van der Waals surface area (Å²) in [6, 6.07) is 5.64. The molecular weight excluding hydrogens is 270 g/mol. The van der Waals surface area contributed by atoms with E-state index < -0.39 is 6.10 Å². The Morgan fingerprint density at radius 1 is 1.50 bits per heavy atom. The Kier molecular flexibility index (Phi) is 3.84. The van der Waals surface area contributed by atoms with E-state index in [1.54, 1.807) is 0 Å². The zero-order valence-corrected chi connectivity index (χ0v) is 10.6. The van der Waals surface area contributed by atoms with E-state index in [0.717, 1.165) is 22.4 Å². The minimum absolute atomic E-state index is 0.205. The van der Waals surface area contributed by atoms with Gasteiger partial charge in [-0.3, -0.25) is 0 Å². The number of halogens is 1. The van der Waals surface area contributed by atoms with Gasteiger partial charge in [-0.25, -0.2) is 0 Å². The number of aliphatic hydroxyl groups excluding tert-OH is 1. The summed E-state index contributed by atoms with van der Waals surface area (Å²) in [6.45, 7) is 0.934. The molecule has 3 N–H and O–H groups in total. The van der Waals surface area contributed by atoms with E-state index >= 15 is 0 Å². The quantitative estimate of drug-likeness (QED) is 0.872. The Hall–Kier alpha value is -0.580. The maximum Gasteiger partial charge on any atom is 0.139 e. The molecule has 1 aromatic carbocycles. The third kappa shape index (κ3) is 2.75. The van der Waals surface area contributed by atoms with Gasteiger partial charge in [-0.1, -0.05) is 12.1 Å². The van der Waals surface area contributed by atoms with Gasteiger partial charge in [-0.05, 0) is 40.8 Å². The number of hydrogen-bond donors (Lipinski definition) is 2. The lowest BCUT2D eigenvalue weighted by Crippen LogP contribution is -2.13. The first-order chi connectivity index (χ1) is 7.72. The highest BCUT2D eigenvalue weighted by Crippen LogP contribution is 2.35. The Balaban J connectivity index is 2.17. The molecule has 3 nitrogen and oxygen atoms in total. The van der Waals surface area contributed by atoms with Crippen LogP contribution in [0.2, 0.25) is 0 Å². The van der Waals surface area contributed by atoms with Crippen molar-refractivity contribution in [1.82, 2.24) is 0 Å². The monoisotopic (exact) mass is 285 g/mol. The molecule has 0 radical (unpaired) electrons. The first-order valence-corrected chi connectivity index (χ1v) is 6.31. The van der Waals surface area contributed by atoms with Crippen LogP contribution in [0.1, 0.15) is 24.5 Å². The van der Waals surface area contributed by atoms with E-state index in [2.05, 4.69) is 15.9 Å². The van der Waals surface area contributed by atoms with Crippen molar-refractivity contribution in [3.8, 4) is 5.75 Å². The van der Waals surface area contributed by atoms with Gasteiger partial charge in [-0.15, -0.1) is 0 Å². The normalized spacial score (nSPS) is 17.2. The van der Waals surface area contributed by atoms with Crippen molar-refractivity contribution in [2.24, 2.45) is 11.7 Å². The smallest absolute Gasteiger partial charge is 0.139 e. The minimum Gasteiger partial charge on any atom is -0.492 e. The maximum atomic E-state index is 9.79. The van der Waals surface area contributed by atoms with Crippen LogP contribution in [0.5, 0.6) is 5.75 Å². The molecule has 0 amide bonds. The van der Waals surface area contributed by atoms with Crippen LogP contribution < -0.4 is 10.5 Å². The van der Waals surface area contributed by atoms with Crippen LogP contribution in [0, 0.1) is 5.92 Å². The molecule has 0 saturated heterocycles. The van der Waals surface area contributed by atoms with Crippen LogP contribution in [-0.4, -0.2) is 18.3 Å². The molecule has 1 saturated carbocycles. The van der Waals surface area contributed by atoms with E-state index in [0.29, 0.717) is 5.92 Å². The SMILES string of the molecule is NCC(O)c1cccc(Br)c1OCC1CC1. The third-order valence-electron chi connectivity index (χ3n) is 2.74. The molecule has 1 aliphatic rings. The van der Waals surface area contributed by atoms with Crippen LogP contribution in [0.4, 0.5) is 0 Å². The number of nitrogens with two attached hydrogens (primary N) is 1. The molecule has 1 fully saturated rings. The number of para-hydroxylation sites is 1. The van der Waals surface area contributed by atoms with Gasteiger partial charge >= 0.3 is 0 Å². The first kappa shape index (κ1) is 11.9. The summed E-state index contributed by atoms with van der Waals surface area (Å²) in [6.07, 6.45) is 1.84. The van der Waals surface area contributed by atoms with E-state index in [1.165, 1.54) is 12.8 Å². The Morgan fingerprint density at radius 3 is 2.88 bits per heavy atom. The molecule has 0 heterocycles. The Bertz CT molecular complexity index is 366. The highest BCUT2D eigenvalue weighted by Gasteiger charge is 2.23. The van der Waals surface area contributed by atoms with Gasteiger partial charge in [0.15, 0.2) is 0 Å². The van der Waals surface area contributed by atoms with E-state index in [4.69, 9.17) is 10.5 Å². The largest absolute Gasteiger partial charge is 0.492 e. The van der Waals surface area contributed by atoms with Crippen molar-refractivity contribution >= 4 is 15.9 Å². The molecule has 16 heavy (non-hydrogen) atoms. The summed E-state index contributed by atoms with van der Waals surface area (Å²) in [5.41, 5.74) is 6.23. The zero-order chi connectivity index (χ0) is 11.5. The molecule has 4 heteroatoms. The van der Waals surface area contributed by atoms with Crippen molar-refractivity contribution in [3.05, 3.63) is 28.2 Å². The predicted molar refractivity (Wildman–Crippen MR) is 66.4 cm³/mol. The Morgan fingerprint density at radius 2 is 2.25 bits per heavy atom. The average Bonchev–Trinajstić information content (AvgIpc) is 3.10. The number of aliphatic hydroxyl groups is 1. The molecule has 1 unspecified atom stereocenters. The molecule has 88 valence electrons. The summed E-state index contributed by atoms with van der Waals surface area (Å²) < 4.78 is 6.63. The van der Waals surface area contributed by atoms with Gasteiger partial charge in [-0.2, -0.15) is 0 Å². The van der Waals surface area contributed by atoms with Crippen LogP contribution >= 0.6 is 15.9 Å². The summed E-state index contributed by atoms with van der Waals surface area (Å²) in [4.78, 5) is 0. The summed E-state index contributed by atoms with van der Waals surface area (Å²) in [5, 5.41) is 9.79. The second kappa shape index (κ2) is 5.17. The Labute approximate surface area is 104 Å². The molecule has 0 aliphatic heterocycles. The summed E-state index contributed by atoms with van der Waals surface area (Å²) in [7, 11) is 0. The number of rotatable bonds is 5. The van der Waals surface area contributed by atoms with Gasteiger partial charge in [0.2, 0.25) is 0 Å². The van der Waals surface area contributed by atoms with Gasteiger partial charge in [0, 0.05) is 12.1 Å². The minimum atomic E-state index is -0.660. The van der Waals surface area contributed by atoms with E-state index in [1.807, 2.05) is 18.2 Å². The summed E-state index contributed by atoms with van der Waals surface area (Å²) in [5.74, 6) is 1.42. The molecule has 0 bridgehead atoms. The van der Waals surface area contributed by atoms with E-state index in [-0.39, 0.29) is 6.54 Å². The molecule has 1 aromatic rings. The van der Waals surface area contributed by atoms with Gasteiger partial charge < -0.3 is 15.6 Å².